The molecule has 2 heterocycles. The van der Waals surface area contributed by atoms with Crippen LogP contribution in [0.4, 0.5) is 4.39 Å². The number of hydrogen-bond acceptors (Lipinski definition) is 3. The SMILES string of the molecule is Cn1ccc(CCNC(=O)c2cccnc2F)n1. The van der Waals surface area contributed by atoms with Crippen LogP contribution in [-0.4, -0.2) is 27.2 Å². The van der Waals surface area contributed by atoms with E-state index in [1.54, 1.807) is 4.68 Å². The summed E-state index contributed by atoms with van der Waals surface area (Å²) in [5.41, 5.74) is 0.836. The molecule has 0 aliphatic carbocycles. The van der Waals surface area contributed by atoms with E-state index < -0.39 is 11.9 Å². The highest BCUT2D eigenvalue weighted by molar-refractivity contribution is 5.94. The molecule has 6 heteroatoms. The van der Waals surface area contributed by atoms with E-state index in [-0.39, 0.29) is 5.56 Å². The zero-order valence-electron chi connectivity index (χ0n) is 9.93. The number of hydrogen-bond donors (Lipinski definition) is 1. The lowest BCUT2D eigenvalue weighted by atomic mass is 10.2. The van der Waals surface area contributed by atoms with Crippen LogP contribution in [0.2, 0.25) is 0 Å². The van der Waals surface area contributed by atoms with E-state index in [0.717, 1.165) is 5.69 Å². The van der Waals surface area contributed by atoms with E-state index in [0.29, 0.717) is 13.0 Å². The Labute approximate surface area is 104 Å². The topological polar surface area (TPSA) is 59.8 Å². The van der Waals surface area contributed by atoms with E-state index in [4.69, 9.17) is 0 Å². The fourth-order valence-electron chi connectivity index (χ4n) is 1.55. The van der Waals surface area contributed by atoms with Crippen LogP contribution in [0.5, 0.6) is 0 Å². The predicted octanol–water partition coefficient (Wildman–Crippen LogP) is 0.927. The molecule has 0 fully saturated rings. The second kappa shape index (κ2) is 5.39. The normalized spacial score (nSPS) is 10.3. The summed E-state index contributed by atoms with van der Waals surface area (Å²) >= 11 is 0. The molecule has 0 aliphatic rings. The number of carbonyl (C=O) groups excluding carboxylic acids is 1. The minimum absolute atomic E-state index is 0.0430. The molecular formula is C12H13FN4O. The summed E-state index contributed by atoms with van der Waals surface area (Å²) in [6.45, 7) is 0.407. The molecule has 2 aromatic heterocycles. The minimum atomic E-state index is -0.757. The summed E-state index contributed by atoms with van der Waals surface area (Å²) in [4.78, 5) is 15.1. The molecule has 0 saturated heterocycles. The maximum Gasteiger partial charge on any atom is 0.255 e. The fraction of sp³-hybridized carbons (Fsp3) is 0.250. The molecule has 0 aliphatic heterocycles. The maximum atomic E-state index is 13.2. The Morgan fingerprint density at radius 1 is 1.50 bits per heavy atom. The third kappa shape index (κ3) is 2.91. The molecule has 5 nitrogen and oxygen atoms in total. The quantitative estimate of drug-likeness (QED) is 0.819. The van der Waals surface area contributed by atoms with Crippen molar-refractivity contribution in [2.75, 3.05) is 6.54 Å². The van der Waals surface area contributed by atoms with Crippen LogP contribution in [0.25, 0.3) is 0 Å². The van der Waals surface area contributed by atoms with Crippen molar-refractivity contribution in [2.24, 2.45) is 7.05 Å². The standard InChI is InChI=1S/C12H13FN4O/c1-17-8-5-9(16-17)4-7-15-12(18)10-3-2-6-14-11(10)13/h2-3,5-6,8H,4,7H2,1H3,(H,15,18). The van der Waals surface area contributed by atoms with Gasteiger partial charge in [0.15, 0.2) is 0 Å². The summed E-state index contributed by atoms with van der Waals surface area (Å²) in [6.07, 6.45) is 3.74. The van der Waals surface area contributed by atoms with Gasteiger partial charge in [-0.15, -0.1) is 0 Å². The van der Waals surface area contributed by atoms with E-state index in [9.17, 15) is 9.18 Å². The Morgan fingerprint density at radius 2 is 2.33 bits per heavy atom. The Morgan fingerprint density at radius 3 is 3.00 bits per heavy atom. The summed E-state index contributed by atoms with van der Waals surface area (Å²) in [5.74, 6) is -1.22. The predicted molar refractivity (Wildman–Crippen MR) is 63.4 cm³/mol. The van der Waals surface area contributed by atoms with Gasteiger partial charge in [0.25, 0.3) is 5.91 Å². The monoisotopic (exact) mass is 248 g/mol. The molecule has 94 valence electrons. The van der Waals surface area contributed by atoms with Gasteiger partial charge in [0.1, 0.15) is 0 Å². The molecule has 2 aromatic rings. The van der Waals surface area contributed by atoms with Gasteiger partial charge >= 0.3 is 0 Å². The Kier molecular flexibility index (Phi) is 3.66. The molecule has 0 atom stereocenters. The lowest BCUT2D eigenvalue weighted by Gasteiger charge is -2.04. The summed E-state index contributed by atoms with van der Waals surface area (Å²) in [6, 6.07) is 4.80. The van der Waals surface area contributed by atoms with E-state index >= 15 is 0 Å². The molecule has 2 rings (SSSR count). The van der Waals surface area contributed by atoms with Gasteiger partial charge < -0.3 is 5.32 Å². The first kappa shape index (κ1) is 12.2. The van der Waals surface area contributed by atoms with Crippen LogP contribution in [0.3, 0.4) is 0 Å². The van der Waals surface area contributed by atoms with Gasteiger partial charge in [-0.05, 0) is 18.2 Å². The van der Waals surface area contributed by atoms with Crippen molar-refractivity contribution in [3.05, 3.63) is 47.8 Å². The third-order valence-corrected chi connectivity index (χ3v) is 2.44. The average Bonchev–Trinajstić information content (AvgIpc) is 2.75. The van der Waals surface area contributed by atoms with E-state index in [1.165, 1.54) is 18.3 Å². The maximum absolute atomic E-state index is 13.2. The van der Waals surface area contributed by atoms with Gasteiger partial charge in [0.2, 0.25) is 5.95 Å². The van der Waals surface area contributed by atoms with Crippen molar-refractivity contribution < 1.29 is 9.18 Å². The van der Waals surface area contributed by atoms with Crippen molar-refractivity contribution in [2.45, 2.75) is 6.42 Å². The van der Waals surface area contributed by atoms with Crippen molar-refractivity contribution in [3.8, 4) is 0 Å². The Hall–Kier alpha value is -2.24. The highest BCUT2D eigenvalue weighted by Crippen LogP contribution is 2.02. The Balaban J connectivity index is 1.87. The summed E-state index contributed by atoms with van der Waals surface area (Å²) in [7, 11) is 1.83. The first-order valence-electron chi connectivity index (χ1n) is 5.54. The molecule has 0 saturated carbocycles. The third-order valence-electron chi connectivity index (χ3n) is 2.44. The molecule has 1 amide bonds. The number of halogens is 1. The zero-order valence-corrected chi connectivity index (χ0v) is 9.93. The van der Waals surface area contributed by atoms with Crippen LogP contribution in [0, 0.1) is 5.95 Å². The fourth-order valence-corrected chi connectivity index (χ4v) is 1.55. The molecular weight excluding hydrogens is 235 g/mol. The Bertz CT molecular complexity index is 553. The number of pyridine rings is 1. The van der Waals surface area contributed by atoms with Gasteiger partial charge in [-0.1, -0.05) is 0 Å². The highest BCUT2D eigenvalue weighted by atomic mass is 19.1. The second-order valence-corrected chi connectivity index (χ2v) is 3.83. The van der Waals surface area contributed by atoms with Crippen molar-refractivity contribution in [3.63, 3.8) is 0 Å². The van der Waals surface area contributed by atoms with Crippen molar-refractivity contribution in [1.29, 1.82) is 0 Å². The van der Waals surface area contributed by atoms with E-state index in [1.807, 2.05) is 19.3 Å². The average molecular weight is 248 g/mol. The van der Waals surface area contributed by atoms with Gasteiger partial charge in [0.05, 0.1) is 11.3 Å². The molecule has 0 radical (unpaired) electrons. The van der Waals surface area contributed by atoms with Crippen LogP contribution in [0.1, 0.15) is 16.1 Å². The summed E-state index contributed by atoms with van der Waals surface area (Å²) in [5, 5.41) is 6.81. The van der Waals surface area contributed by atoms with Crippen molar-refractivity contribution in [1.82, 2.24) is 20.1 Å². The first-order chi connectivity index (χ1) is 8.66. The number of aryl methyl sites for hydroxylation is 1. The number of rotatable bonds is 4. The highest BCUT2D eigenvalue weighted by Gasteiger charge is 2.11. The van der Waals surface area contributed by atoms with Crippen LogP contribution >= 0.6 is 0 Å². The molecule has 18 heavy (non-hydrogen) atoms. The molecule has 0 unspecified atom stereocenters. The number of nitrogens with one attached hydrogen (secondary N) is 1. The zero-order chi connectivity index (χ0) is 13.0. The number of carbonyl (C=O) groups is 1. The van der Waals surface area contributed by atoms with Gasteiger partial charge in [-0.2, -0.15) is 9.49 Å². The molecule has 0 bridgehead atoms. The lowest BCUT2D eigenvalue weighted by molar-refractivity contribution is 0.0949. The van der Waals surface area contributed by atoms with Gasteiger partial charge in [0, 0.05) is 32.4 Å². The minimum Gasteiger partial charge on any atom is -0.352 e. The van der Waals surface area contributed by atoms with Gasteiger partial charge in [-0.3, -0.25) is 9.48 Å². The number of amides is 1. The number of nitrogens with zero attached hydrogens (tertiary/aromatic N) is 3. The van der Waals surface area contributed by atoms with Crippen LogP contribution in [0.15, 0.2) is 30.6 Å². The molecule has 0 aromatic carbocycles. The first-order valence-corrected chi connectivity index (χ1v) is 5.54. The molecule has 1 N–H and O–H groups in total. The lowest BCUT2D eigenvalue weighted by Crippen LogP contribution is -2.26. The van der Waals surface area contributed by atoms with Crippen LogP contribution < -0.4 is 5.32 Å². The van der Waals surface area contributed by atoms with Gasteiger partial charge in [-0.25, -0.2) is 4.98 Å². The number of aromatic nitrogens is 3. The molecule has 0 spiro atoms. The second-order valence-electron chi connectivity index (χ2n) is 3.83. The summed E-state index contributed by atoms with van der Waals surface area (Å²) < 4.78 is 14.9. The largest absolute Gasteiger partial charge is 0.352 e. The van der Waals surface area contributed by atoms with E-state index in [2.05, 4.69) is 15.4 Å². The van der Waals surface area contributed by atoms with Crippen molar-refractivity contribution >= 4 is 5.91 Å². The van der Waals surface area contributed by atoms with Crippen LogP contribution in [-0.2, 0) is 13.5 Å². The smallest absolute Gasteiger partial charge is 0.255 e.